The molecule has 186 valence electrons. The third-order valence-electron chi connectivity index (χ3n) is 4.82. The molecule has 1 unspecified atom stereocenters. The number of nitrogens with two attached hydrogens (primary N) is 2. The summed E-state index contributed by atoms with van der Waals surface area (Å²) in [7, 11) is 1.51. The standard InChI is InChI=1S/C23H27N5O7/c1-3-33-21-19(32-2)9-14(8-15-11-26-23(25)27-22(15)24)10-20(21)35-13-17(29)12-34-18-6-4-16(5-7-18)28(30)31/h4-7,9-11,17,29H,3,8,12-13H2,1-2H3,(H4,24,25,26,27). The van der Waals surface area contributed by atoms with E-state index in [9.17, 15) is 15.2 Å². The molecule has 0 spiro atoms. The molecule has 0 aliphatic carbocycles. The lowest BCUT2D eigenvalue weighted by Crippen LogP contribution is -2.25. The predicted molar refractivity (Wildman–Crippen MR) is 128 cm³/mol. The number of ether oxygens (including phenoxy) is 4. The highest BCUT2D eigenvalue weighted by molar-refractivity contribution is 5.55. The minimum atomic E-state index is -0.990. The summed E-state index contributed by atoms with van der Waals surface area (Å²) >= 11 is 0. The van der Waals surface area contributed by atoms with Crippen LogP contribution in [-0.2, 0) is 6.42 Å². The number of rotatable bonds is 12. The van der Waals surface area contributed by atoms with E-state index in [1.807, 2.05) is 6.92 Å². The van der Waals surface area contributed by atoms with Crippen molar-refractivity contribution in [1.29, 1.82) is 0 Å². The number of aromatic nitrogens is 2. The van der Waals surface area contributed by atoms with Gasteiger partial charge in [0.2, 0.25) is 11.7 Å². The molecule has 0 radical (unpaired) electrons. The van der Waals surface area contributed by atoms with Crippen molar-refractivity contribution in [2.45, 2.75) is 19.4 Å². The van der Waals surface area contributed by atoms with Gasteiger partial charge in [-0.25, -0.2) is 4.98 Å². The molecule has 0 amide bonds. The van der Waals surface area contributed by atoms with E-state index in [1.54, 1.807) is 18.3 Å². The zero-order chi connectivity index (χ0) is 25.4. The van der Waals surface area contributed by atoms with Gasteiger partial charge in [0.05, 0.1) is 18.6 Å². The minimum Gasteiger partial charge on any atom is -0.493 e. The molecule has 0 saturated carbocycles. The third kappa shape index (κ3) is 6.84. The maximum Gasteiger partial charge on any atom is 0.269 e. The molecular weight excluding hydrogens is 458 g/mol. The van der Waals surface area contributed by atoms with E-state index >= 15 is 0 Å². The van der Waals surface area contributed by atoms with E-state index in [-0.39, 0.29) is 30.7 Å². The van der Waals surface area contributed by atoms with Crippen LogP contribution in [0.1, 0.15) is 18.1 Å². The Bertz CT molecular complexity index is 1160. The van der Waals surface area contributed by atoms with Crippen LogP contribution < -0.4 is 30.4 Å². The molecule has 12 nitrogen and oxygen atoms in total. The molecule has 1 atom stereocenters. The van der Waals surface area contributed by atoms with Crippen molar-refractivity contribution in [3.8, 4) is 23.0 Å². The number of nitrogen functional groups attached to an aromatic ring is 2. The second kappa shape index (κ2) is 11.7. The zero-order valence-electron chi connectivity index (χ0n) is 19.3. The van der Waals surface area contributed by atoms with Crippen molar-refractivity contribution in [2.75, 3.05) is 38.4 Å². The van der Waals surface area contributed by atoms with Crippen LogP contribution in [0.2, 0.25) is 0 Å². The van der Waals surface area contributed by atoms with E-state index in [2.05, 4.69) is 9.97 Å². The van der Waals surface area contributed by atoms with Gasteiger partial charge >= 0.3 is 0 Å². The first-order valence-corrected chi connectivity index (χ1v) is 10.7. The average molecular weight is 485 g/mol. The summed E-state index contributed by atoms with van der Waals surface area (Å²) < 4.78 is 22.5. The van der Waals surface area contributed by atoms with Gasteiger partial charge in [0.1, 0.15) is 30.9 Å². The maximum absolute atomic E-state index is 10.7. The fourth-order valence-corrected chi connectivity index (χ4v) is 3.16. The predicted octanol–water partition coefficient (Wildman–Crippen LogP) is 2.37. The van der Waals surface area contributed by atoms with Gasteiger partial charge in [-0.3, -0.25) is 10.1 Å². The molecule has 3 rings (SSSR count). The van der Waals surface area contributed by atoms with Gasteiger partial charge in [0.25, 0.3) is 5.69 Å². The number of hydrogen-bond donors (Lipinski definition) is 3. The molecule has 0 aliphatic heterocycles. The summed E-state index contributed by atoms with van der Waals surface area (Å²) in [5, 5.41) is 21.1. The number of nitro benzene ring substituents is 1. The van der Waals surface area contributed by atoms with Gasteiger partial charge < -0.3 is 35.5 Å². The Balaban J connectivity index is 1.71. The normalized spacial score (nSPS) is 11.5. The zero-order valence-corrected chi connectivity index (χ0v) is 19.3. The van der Waals surface area contributed by atoms with E-state index < -0.39 is 11.0 Å². The summed E-state index contributed by atoms with van der Waals surface area (Å²) in [6.45, 7) is 2.01. The lowest BCUT2D eigenvalue weighted by atomic mass is 10.1. The number of methoxy groups -OCH3 is 1. The molecule has 5 N–H and O–H groups in total. The number of nitro groups is 1. The second-order valence-electron chi connectivity index (χ2n) is 7.40. The van der Waals surface area contributed by atoms with Crippen molar-refractivity contribution in [3.63, 3.8) is 0 Å². The van der Waals surface area contributed by atoms with Crippen LogP contribution in [0.15, 0.2) is 42.6 Å². The fraction of sp³-hybridized carbons (Fsp3) is 0.304. The molecule has 1 aromatic heterocycles. The first-order chi connectivity index (χ1) is 16.8. The molecule has 1 heterocycles. The lowest BCUT2D eigenvalue weighted by molar-refractivity contribution is -0.384. The van der Waals surface area contributed by atoms with Gasteiger partial charge in [-0.15, -0.1) is 0 Å². The highest BCUT2D eigenvalue weighted by Gasteiger charge is 2.18. The maximum atomic E-state index is 10.7. The van der Waals surface area contributed by atoms with Crippen LogP contribution in [0.4, 0.5) is 17.5 Å². The number of aliphatic hydroxyl groups is 1. The van der Waals surface area contributed by atoms with E-state index in [0.29, 0.717) is 41.6 Å². The second-order valence-corrected chi connectivity index (χ2v) is 7.40. The van der Waals surface area contributed by atoms with Crippen LogP contribution in [0, 0.1) is 10.1 Å². The smallest absolute Gasteiger partial charge is 0.269 e. The molecule has 0 saturated heterocycles. The Morgan fingerprint density at radius 2 is 1.77 bits per heavy atom. The highest BCUT2D eigenvalue weighted by Crippen LogP contribution is 2.39. The van der Waals surface area contributed by atoms with Gasteiger partial charge in [0, 0.05) is 30.3 Å². The molecule has 0 fully saturated rings. The topological polar surface area (TPSA) is 178 Å². The Morgan fingerprint density at radius 3 is 2.40 bits per heavy atom. The Labute approximate surface area is 201 Å². The first-order valence-electron chi connectivity index (χ1n) is 10.7. The van der Waals surface area contributed by atoms with E-state index in [0.717, 1.165) is 5.56 Å². The third-order valence-corrected chi connectivity index (χ3v) is 4.82. The minimum absolute atomic E-state index is 0.0502. The summed E-state index contributed by atoms with van der Waals surface area (Å²) in [5.74, 6) is 1.95. The molecule has 0 aliphatic rings. The van der Waals surface area contributed by atoms with Crippen molar-refractivity contribution in [2.24, 2.45) is 0 Å². The quantitative estimate of drug-likeness (QED) is 0.253. The summed E-state index contributed by atoms with van der Waals surface area (Å²) in [6, 6.07) is 9.11. The summed E-state index contributed by atoms with van der Waals surface area (Å²) in [4.78, 5) is 18.2. The molecular formula is C23H27N5O7. The first kappa shape index (κ1) is 25.3. The number of non-ortho nitro benzene ring substituents is 1. The number of anilines is 2. The van der Waals surface area contributed by atoms with Gasteiger partial charge in [-0.1, -0.05) is 0 Å². The molecule has 3 aromatic rings. The lowest BCUT2D eigenvalue weighted by Gasteiger charge is -2.19. The van der Waals surface area contributed by atoms with E-state index in [1.165, 1.54) is 31.4 Å². The monoisotopic (exact) mass is 485 g/mol. The van der Waals surface area contributed by atoms with E-state index in [4.69, 9.17) is 30.4 Å². The highest BCUT2D eigenvalue weighted by atomic mass is 16.6. The largest absolute Gasteiger partial charge is 0.493 e. The Morgan fingerprint density at radius 1 is 1.09 bits per heavy atom. The van der Waals surface area contributed by atoms with Crippen molar-refractivity contribution in [3.05, 3.63) is 63.8 Å². The number of benzene rings is 2. The number of aliphatic hydroxyl groups excluding tert-OH is 1. The van der Waals surface area contributed by atoms with Gasteiger partial charge in [0.15, 0.2) is 11.5 Å². The van der Waals surface area contributed by atoms with Crippen LogP contribution >= 0.6 is 0 Å². The van der Waals surface area contributed by atoms with Gasteiger partial charge in [-0.05, 0) is 36.8 Å². The summed E-state index contributed by atoms with van der Waals surface area (Å²) in [6.07, 6.45) is 0.952. The van der Waals surface area contributed by atoms with Crippen LogP contribution in [-0.4, -0.2) is 53.0 Å². The van der Waals surface area contributed by atoms with Gasteiger partial charge in [-0.2, -0.15) is 4.98 Å². The Hall–Kier alpha value is -4.32. The number of hydrogen-bond acceptors (Lipinski definition) is 11. The molecule has 12 heteroatoms. The molecule has 2 aromatic carbocycles. The Kier molecular flexibility index (Phi) is 8.46. The fourth-order valence-electron chi connectivity index (χ4n) is 3.16. The average Bonchev–Trinajstić information content (AvgIpc) is 2.84. The molecule has 35 heavy (non-hydrogen) atoms. The van der Waals surface area contributed by atoms with Crippen molar-refractivity contribution >= 4 is 17.5 Å². The molecule has 0 bridgehead atoms. The SMILES string of the molecule is CCOc1c(OC)cc(Cc2cnc(N)nc2N)cc1OCC(O)COc1ccc([N+](=O)[O-])cc1. The van der Waals surface area contributed by atoms with Crippen LogP contribution in [0.25, 0.3) is 0 Å². The van der Waals surface area contributed by atoms with Crippen LogP contribution in [0.3, 0.4) is 0 Å². The van der Waals surface area contributed by atoms with Crippen LogP contribution in [0.5, 0.6) is 23.0 Å². The number of nitrogens with zero attached hydrogens (tertiary/aromatic N) is 3. The van der Waals surface area contributed by atoms with Crippen molar-refractivity contribution in [1.82, 2.24) is 9.97 Å². The summed E-state index contributed by atoms with van der Waals surface area (Å²) in [5.41, 5.74) is 12.9. The van der Waals surface area contributed by atoms with Crippen molar-refractivity contribution < 1.29 is 29.0 Å².